The van der Waals surface area contributed by atoms with Gasteiger partial charge < -0.3 is 14.8 Å². The van der Waals surface area contributed by atoms with Gasteiger partial charge in [-0.1, -0.05) is 0 Å². The molecule has 0 aliphatic heterocycles. The molecule has 0 atom stereocenters. The molecule has 0 aliphatic rings. The first kappa shape index (κ1) is 19.1. The third-order valence-corrected chi connectivity index (χ3v) is 4.62. The lowest BCUT2D eigenvalue weighted by Gasteiger charge is -2.15. The molecule has 0 radical (unpaired) electrons. The number of carbonyl (C=O) groups is 2. The topological polar surface area (TPSA) is 77.5 Å². The quantitative estimate of drug-likeness (QED) is 0.430. The van der Waals surface area contributed by atoms with Crippen LogP contribution >= 0.6 is 22.6 Å². The van der Waals surface area contributed by atoms with E-state index in [1.807, 2.05) is 24.3 Å². The summed E-state index contributed by atoms with van der Waals surface area (Å²) < 4.78 is 11.1. The lowest BCUT2D eigenvalue weighted by atomic mass is 10.1. The summed E-state index contributed by atoms with van der Waals surface area (Å²) in [7, 11) is 1.32. The molecule has 0 spiro atoms. The molecule has 0 saturated heterocycles. The molecule has 0 bridgehead atoms. The fraction of sp³-hybridized carbons (Fsp3) is 0.150. The number of halogens is 1. The maximum atomic E-state index is 12.4. The number of methoxy groups -OCH3 is 1. The molecule has 7 heteroatoms. The Kier molecular flexibility index (Phi) is 5.90. The minimum atomic E-state index is -0.483. The minimum absolute atomic E-state index is 0.252. The van der Waals surface area contributed by atoms with Crippen LogP contribution in [0, 0.1) is 3.57 Å². The number of ether oxygens (including phenoxy) is 2. The zero-order chi connectivity index (χ0) is 19.4. The SMILES string of the molecule is CCOC(=O)c1cnc2ccc(C(=O)OC)cc2c1Nc1ccc(I)cc1. The first-order chi connectivity index (χ1) is 13.0. The van der Waals surface area contributed by atoms with Crippen LogP contribution in [0.4, 0.5) is 11.4 Å². The van der Waals surface area contributed by atoms with Crippen LogP contribution in [0.25, 0.3) is 10.9 Å². The fourth-order valence-corrected chi connectivity index (χ4v) is 2.97. The van der Waals surface area contributed by atoms with E-state index in [1.54, 1.807) is 25.1 Å². The highest BCUT2D eigenvalue weighted by atomic mass is 127. The van der Waals surface area contributed by atoms with E-state index in [2.05, 4.69) is 32.9 Å². The van der Waals surface area contributed by atoms with Gasteiger partial charge in [0.05, 0.1) is 30.5 Å². The molecular weight excluding hydrogens is 459 g/mol. The van der Waals surface area contributed by atoms with E-state index in [0.29, 0.717) is 27.7 Å². The van der Waals surface area contributed by atoms with E-state index < -0.39 is 11.9 Å². The normalized spacial score (nSPS) is 10.5. The number of rotatable bonds is 5. The molecule has 3 rings (SSSR count). The molecule has 3 aromatic rings. The molecule has 27 heavy (non-hydrogen) atoms. The summed E-state index contributed by atoms with van der Waals surface area (Å²) >= 11 is 2.22. The number of aromatic nitrogens is 1. The van der Waals surface area contributed by atoms with E-state index in [9.17, 15) is 9.59 Å². The number of nitrogens with one attached hydrogen (secondary N) is 1. The smallest absolute Gasteiger partial charge is 0.341 e. The highest BCUT2D eigenvalue weighted by molar-refractivity contribution is 14.1. The lowest BCUT2D eigenvalue weighted by molar-refractivity contribution is 0.0526. The van der Waals surface area contributed by atoms with Crippen molar-refractivity contribution in [1.29, 1.82) is 0 Å². The van der Waals surface area contributed by atoms with Gasteiger partial charge in [0, 0.05) is 20.8 Å². The van der Waals surface area contributed by atoms with Gasteiger partial charge in [-0.25, -0.2) is 9.59 Å². The standard InChI is InChI=1S/C20H17IN2O4/c1-3-27-20(25)16-11-22-17-9-4-12(19(24)26-2)10-15(17)18(16)23-14-7-5-13(21)6-8-14/h4-11H,3H2,1-2H3,(H,22,23). The Morgan fingerprint density at radius 2 is 1.85 bits per heavy atom. The summed E-state index contributed by atoms with van der Waals surface area (Å²) in [5.74, 6) is -0.943. The number of hydrogen-bond acceptors (Lipinski definition) is 6. The van der Waals surface area contributed by atoms with Crippen LogP contribution in [0.3, 0.4) is 0 Å². The van der Waals surface area contributed by atoms with Crippen molar-refractivity contribution in [2.75, 3.05) is 19.0 Å². The molecule has 1 aromatic heterocycles. The van der Waals surface area contributed by atoms with Crippen molar-refractivity contribution in [2.45, 2.75) is 6.92 Å². The van der Waals surface area contributed by atoms with Crippen LogP contribution in [-0.2, 0) is 9.47 Å². The predicted octanol–water partition coefficient (Wildman–Crippen LogP) is 4.55. The van der Waals surface area contributed by atoms with E-state index >= 15 is 0 Å². The highest BCUT2D eigenvalue weighted by Gasteiger charge is 2.18. The zero-order valence-corrected chi connectivity index (χ0v) is 16.9. The summed E-state index contributed by atoms with van der Waals surface area (Å²) in [4.78, 5) is 28.7. The number of hydrogen-bond donors (Lipinski definition) is 1. The van der Waals surface area contributed by atoms with Crippen LogP contribution < -0.4 is 5.32 Å². The lowest BCUT2D eigenvalue weighted by Crippen LogP contribution is -2.10. The molecule has 1 heterocycles. The third-order valence-electron chi connectivity index (χ3n) is 3.90. The Morgan fingerprint density at radius 3 is 2.52 bits per heavy atom. The van der Waals surface area contributed by atoms with Gasteiger partial charge in [0.2, 0.25) is 0 Å². The van der Waals surface area contributed by atoms with E-state index in [-0.39, 0.29) is 6.61 Å². The number of esters is 2. The van der Waals surface area contributed by atoms with Crippen molar-refractivity contribution >= 4 is 56.8 Å². The predicted molar refractivity (Wildman–Crippen MR) is 111 cm³/mol. The molecule has 0 amide bonds. The van der Waals surface area contributed by atoms with Crippen LogP contribution in [0.15, 0.2) is 48.7 Å². The van der Waals surface area contributed by atoms with Crippen LogP contribution in [-0.4, -0.2) is 30.6 Å². The summed E-state index contributed by atoms with van der Waals surface area (Å²) in [6, 6.07) is 12.7. The number of anilines is 2. The summed E-state index contributed by atoms with van der Waals surface area (Å²) in [6.45, 7) is 2.00. The molecule has 6 nitrogen and oxygen atoms in total. The van der Waals surface area contributed by atoms with Gasteiger partial charge in [0.25, 0.3) is 0 Å². The van der Waals surface area contributed by atoms with Gasteiger partial charge in [-0.05, 0) is 72.0 Å². The largest absolute Gasteiger partial charge is 0.465 e. The second kappa shape index (κ2) is 8.34. The van der Waals surface area contributed by atoms with Crippen molar-refractivity contribution in [3.63, 3.8) is 0 Å². The second-order valence-electron chi connectivity index (χ2n) is 5.62. The van der Waals surface area contributed by atoms with Crippen molar-refractivity contribution in [3.05, 3.63) is 63.4 Å². The molecule has 2 aromatic carbocycles. The number of benzene rings is 2. The number of carbonyl (C=O) groups excluding carboxylic acids is 2. The molecule has 0 unspecified atom stereocenters. The number of fused-ring (bicyclic) bond motifs is 1. The Balaban J connectivity index is 2.19. The van der Waals surface area contributed by atoms with Gasteiger partial charge in [-0.3, -0.25) is 4.98 Å². The molecule has 1 N–H and O–H groups in total. The van der Waals surface area contributed by atoms with E-state index in [1.165, 1.54) is 13.3 Å². The van der Waals surface area contributed by atoms with Crippen molar-refractivity contribution in [2.24, 2.45) is 0 Å². The first-order valence-electron chi connectivity index (χ1n) is 8.24. The summed E-state index contributed by atoms with van der Waals surface area (Å²) in [5, 5.41) is 3.90. The van der Waals surface area contributed by atoms with Gasteiger partial charge in [0.1, 0.15) is 5.56 Å². The molecule has 0 fully saturated rings. The van der Waals surface area contributed by atoms with Crippen LogP contribution in [0.2, 0.25) is 0 Å². The second-order valence-corrected chi connectivity index (χ2v) is 6.87. The van der Waals surface area contributed by atoms with Gasteiger partial charge in [0.15, 0.2) is 0 Å². The molecule has 0 aliphatic carbocycles. The summed E-state index contributed by atoms with van der Waals surface area (Å²) in [5.41, 5.74) is 2.65. The Morgan fingerprint density at radius 1 is 1.11 bits per heavy atom. The number of pyridine rings is 1. The highest BCUT2D eigenvalue weighted by Crippen LogP contribution is 2.31. The monoisotopic (exact) mass is 476 g/mol. The molecule has 0 saturated carbocycles. The minimum Gasteiger partial charge on any atom is -0.465 e. The fourth-order valence-electron chi connectivity index (χ4n) is 2.61. The Hall–Kier alpha value is -2.68. The maximum Gasteiger partial charge on any atom is 0.341 e. The van der Waals surface area contributed by atoms with E-state index in [4.69, 9.17) is 9.47 Å². The van der Waals surface area contributed by atoms with Crippen molar-refractivity contribution in [3.8, 4) is 0 Å². The summed E-state index contributed by atoms with van der Waals surface area (Å²) in [6.07, 6.45) is 1.48. The first-order valence-corrected chi connectivity index (χ1v) is 9.32. The van der Waals surface area contributed by atoms with Crippen LogP contribution in [0.5, 0.6) is 0 Å². The van der Waals surface area contributed by atoms with E-state index in [0.717, 1.165) is 9.26 Å². The average molecular weight is 476 g/mol. The third kappa shape index (κ3) is 4.19. The molecular formula is C20H17IN2O4. The Labute approximate surface area is 170 Å². The maximum absolute atomic E-state index is 12.4. The van der Waals surface area contributed by atoms with Gasteiger partial charge in [-0.2, -0.15) is 0 Å². The van der Waals surface area contributed by atoms with Crippen molar-refractivity contribution in [1.82, 2.24) is 4.98 Å². The van der Waals surface area contributed by atoms with Crippen LogP contribution in [0.1, 0.15) is 27.6 Å². The molecule has 138 valence electrons. The van der Waals surface area contributed by atoms with Gasteiger partial charge >= 0.3 is 11.9 Å². The average Bonchev–Trinajstić information content (AvgIpc) is 2.69. The zero-order valence-electron chi connectivity index (χ0n) is 14.8. The van der Waals surface area contributed by atoms with Gasteiger partial charge in [-0.15, -0.1) is 0 Å². The number of nitrogens with zero attached hydrogens (tertiary/aromatic N) is 1. The van der Waals surface area contributed by atoms with Crippen molar-refractivity contribution < 1.29 is 19.1 Å². The Bertz CT molecular complexity index is 1000.